The summed E-state index contributed by atoms with van der Waals surface area (Å²) in [4.78, 5) is 10.4. The maximum absolute atomic E-state index is 13.2. The monoisotopic (exact) mass is 250 g/mol. The Morgan fingerprint density at radius 2 is 2.17 bits per heavy atom. The summed E-state index contributed by atoms with van der Waals surface area (Å²) in [5.41, 5.74) is 1.23. The molecule has 0 amide bonds. The van der Waals surface area contributed by atoms with Gasteiger partial charge < -0.3 is 9.52 Å². The highest BCUT2D eigenvalue weighted by molar-refractivity contribution is 5.66. The van der Waals surface area contributed by atoms with Crippen LogP contribution >= 0.6 is 0 Å². The Bertz CT molecular complexity index is 560. The molecule has 0 unspecified atom stereocenters. The van der Waals surface area contributed by atoms with E-state index >= 15 is 0 Å². The van der Waals surface area contributed by atoms with E-state index in [0.717, 1.165) is 5.56 Å². The Morgan fingerprint density at radius 1 is 1.39 bits per heavy atom. The van der Waals surface area contributed by atoms with Gasteiger partial charge in [-0.15, -0.1) is 10.2 Å². The largest absolute Gasteiger partial charge is 0.481 e. The van der Waals surface area contributed by atoms with E-state index in [0.29, 0.717) is 5.56 Å². The Balaban J connectivity index is 2.21. The molecule has 6 heteroatoms. The highest BCUT2D eigenvalue weighted by atomic mass is 19.1. The number of halogens is 1. The van der Waals surface area contributed by atoms with Crippen molar-refractivity contribution in [2.75, 3.05) is 0 Å². The number of hydrogen-bond acceptors (Lipinski definition) is 4. The van der Waals surface area contributed by atoms with Gasteiger partial charge in [-0.25, -0.2) is 4.39 Å². The van der Waals surface area contributed by atoms with Crippen LogP contribution in [0.1, 0.15) is 17.9 Å². The molecule has 1 aromatic heterocycles. The van der Waals surface area contributed by atoms with Crippen molar-refractivity contribution in [3.63, 3.8) is 0 Å². The summed E-state index contributed by atoms with van der Waals surface area (Å²) < 4.78 is 18.5. The summed E-state index contributed by atoms with van der Waals surface area (Å²) in [5.74, 6) is -0.890. The van der Waals surface area contributed by atoms with Crippen LogP contribution in [0.15, 0.2) is 22.6 Å². The van der Waals surface area contributed by atoms with E-state index in [1.807, 2.05) is 0 Å². The number of benzene rings is 1. The van der Waals surface area contributed by atoms with E-state index in [2.05, 4.69) is 10.2 Å². The van der Waals surface area contributed by atoms with Crippen molar-refractivity contribution in [2.24, 2.45) is 0 Å². The molecule has 0 radical (unpaired) electrons. The summed E-state index contributed by atoms with van der Waals surface area (Å²) in [6.07, 6.45) is 0.0838. The third-order valence-corrected chi connectivity index (χ3v) is 2.31. The highest BCUT2D eigenvalue weighted by Gasteiger charge is 2.11. The molecule has 0 fully saturated rings. The first kappa shape index (κ1) is 12.2. The van der Waals surface area contributed by atoms with Gasteiger partial charge in [0.2, 0.25) is 11.8 Å². The Hall–Kier alpha value is -2.24. The maximum atomic E-state index is 13.2. The third-order valence-electron chi connectivity index (χ3n) is 2.31. The van der Waals surface area contributed by atoms with Gasteiger partial charge in [-0.2, -0.15) is 0 Å². The lowest BCUT2D eigenvalue weighted by atomic mass is 10.1. The highest BCUT2D eigenvalue weighted by Crippen LogP contribution is 2.20. The van der Waals surface area contributed by atoms with Crippen molar-refractivity contribution >= 4 is 5.97 Å². The Kier molecular flexibility index (Phi) is 3.36. The molecule has 0 aliphatic rings. The zero-order chi connectivity index (χ0) is 13.1. The average molecular weight is 250 g/mol. The fourth-order valence-electron chi connectivity index (χ4n) is 1.54. The van der Waals surface area contributed by atoms with Crippen LogP contribution in [0.2, 0.25) is 0 Å². The van der Waals surface area contributed by atoms with Crippen LogP contribution in [-0.2, 0) is 11.2 Å². The molecular weight excluding hydrogens is 239 g/mol. The molecular formula is C12H11FN2O3. The van der Waals surface area contributed by atoms with E-state index in [9.17, 15) is 9.18 Å². The molecule has 18 heavy (non-hydrogen) atoms. The molecule has 5 nitrogen and oxygen atoms in total. The van der Waals surface area contributed by atoms with E-state index < -0.39 is 5.97 Å². The summed E-state index contributed by atoms with van der Waals surface area (Å²) in [5, 5.41) is 16.0. The van der Waals surface area contributed by atoms with E-state index in [4.69, 9.17) is 9.52 Å². The van der Waals surface area contributed by atoms with Crippen LogP contribution in [-0.4, -0.2) is 21.3 Å². The van der Waals surface area contributed by atoms with Crippen LogP contribution < -0.4 is 0 Å². The van der Waals surface area contributed by atoms with Crippen LogP contribution in [0.3, 0.4) is 0 Å². The number of aromatic nitrogens is 2. The molecule has 2 rings (SSSR count). The SMILES string of the molecule is Cc1cc(F)cc(-c2nnc(CCC(=O)O)o2)c1. The minimum Gasteiger partial charge on any atom is -0.481 e. The third kappa shape index (κ3) is 2.91. The second-order valence-electron chi connectivity index (χ2n) is 3.91. The van der Waals surface area contributed by atoms with Gasteiger partial charge in [-0.1, -0.05) is 0 Å². The lowest BCUT2D eigenvalue weighted by Crippen LogP contribution is -1.97. The van der Waals surface area contributed by atoms with E-state index in [1.165, 1.54) is 12.1 Å². The van der Waals surface area contributed by atoms with Gasteiger partial charge >= 0.3 is 5.97 Å². The molecule has 2 aromatic rings. The molecule has 1 N–H and O–H groups in total. The molecule has 0 bridgehead atoms. The number of carboxylic acid groups (broad SMARTS) is 1. The van der Waals surface area contributed by atoms with Crippen molar-refractivity contribution in [1.29, 1.82) is 0 Å². The van der Waals surface area contributed by atoms with E-state index in [1.54, 1.807) is 13.0 Å². The fourth-order valence-corrected chi connectivity index (χ4v) is 1.54. The lowest BCUT2D eigenvalue weighted by Gasteiger charge is -1.97. The first-order chi connectivity index (χ1) is 8.54. The minimum atomic E-state index is -0.934. The zero-order valence-corrected chi connectivity index (χ0v) is 9.68. The predicted octanol–water partition coefficient (Wildman–Crippen LogP) is 2.20. The van der Waals surface area contributed by atoms with Crippen molar-refractivity contribution in [2.45, 2.75) is 19.8 Å². The average Bonchev–Trinajstić information content (AvgIpc) is 2.73. The number of aliphatic carboxylic acids is 1. The van der Waals surface area contributed by atoms with Gasteiger partial charge in [0.25, 0.3) is 0 Å². The number of carbonyl (C=O) groups is 1. The van der Waals surface area contributed by atoms with Gasteiger partial charge in [-0.3, -0.25) is 4.79 Å². The topological polar surface area (TPSA) is 76.2 Å². The van der Waals surface area contributed by atoms with Crippen molar-refractivity contribution in [1.82, 2.24) is 10.2 Å². The molecule has 0 aliphatic heterocycles. The standard InChI is InChI=1S/C12H11FN2O3/c1-7-4-8(6-9(13)5-7)12-15-14-10(18-12)2-3-11(16)17/h4-6H,2-3H2,1H3,(H,16,17). The number of carboxylic acids is 1. The van der Waals surface area contributed by atoms with Crippen LogP contribution in [0.5, 0.6) is 0 Å². The summed E-state index contributed by atoms with van der Waals surface area (Å²) >= 11 is 0. The van der Waals surface area contributed by atoms with Crippen LogP contribution in [0.25, 0.3) is 11.5 Å². The molecule has 1 heterocycles. The Labute approximate surface area is 102 Å². The normalized spacial score (nSPS) is 10.6. The van der Waals surface area contributed by atoms with Crippen LogP contribution in [0.4, 0.5) is 4.39 Å². The quantitative estimate of drug-likeness (QED) is 0.900. The lowest BCUT2D eigenvalue weighted by molar-refractivity contribution is -0.137. The van der Waals surface area contributed by atoms with Crippen LogP contribution in [0, 0.1) is 12.7 Å². The summed E-state index contributed by atoms with van der Waals surface area (Å²) in [7, 11) is 0. The first-order valence-corrected chi connectivity index (χ1v) is 5.36. The van der Waals surface area contributed by atoms with Gasteiger partial charge in [-0.05, 0) is 30.7 Å². The molecule has 0 atom stereocenters. The maximum Gasteiger partial charge on any atom is 0.303 e. The second-order valence-corrected chi connectivity index (χ2v) is 3.91. The minimum absolute atomic E-state index is 0.0796. The summed E-state index contributed by atoms with van der Waals surface area (Å²) in [6.45, 7) is 1.76. The molecule has 94 valence electrons. The van der Waals surface area contributed by atoms with Gasteiger partial charge in [0.05, 0.1) is 6.42 Å². The number of rotatable bonds is 4. The fraction of sp³-hybridized carbons (Fsp3) is 0.250. The molecule has 0 spiro atoms. The molecule has 0 saturated heterocycles. The second kappa shape index (κ2) is 4.95. The van der Waals surface area contributed by atoms with Crippen molar-refractivity contribution < 1.29 is 18.7 Å². The predicted molar refractivity (Wildman–Crippen MR) is 60.4 cm³/mol. The smallest absolute Gasteiger partial charge is 0.303 e. The first-order valence-electron chi connectivity index (χ1n) is 5.36. The van der Waals surface area contributed by atoms with Gasteiger partial charge in [0.15, 0.2) is 0 Å². The van der Waals surface area contributed by atoms with Crippen molar-refractivity contribution in [3.8, 4) is 11.5 Å². The van der Waals surface area contributed by atoms with Gasteiger partial charge in [0, 0.05) is 12.0 Å². The zero-order valence-electron chi connectivity index (χ0n) is 9.68. The molecule has 1 aromatic carbocycles. The van der Waals surface area contributed by atoms with Gasteiger partial charge in [0.1, 0.15) is 5.82 Å². The molecule has 0 aliphatic carbocycles. The molecule has 0 saturated carbocycles. The van der Waals surface area contributed by atoms with E-state index in [-0.39, 0.29) is 30.4 Å². The number of hydrogen-bond donors (Lipinski definition) is 1. The number of aryl methyl sites for hydroxylation is 2. The Morgan fingerprint density at radius 3 is 2.83 bits per heavy atom. The summed E-state index contributed by atoms with van der Waals surface area (Å²) in [6, 6.07) is 4.41. The van der Waals surface area contributed by atoms with Crippen molar-refractivity contribution in [3.05, 3.63) is 35.5 Å². The number of nitrogens with zero attached hydrogens (tertiary/aromatic N) is 2.